The second kappa shape index (κ2) is 21.6. The topological polar surface area (TPSA) is 142 Å². The molecule has 0 bridgehead atoms. The average Bonchev–Trinajstić information content (AvgIpc) is 3.87. The summed E-state index contributed by atoms with van der Waals surface area (Å²) in [5, 5.41) is 12.0. The van der Waals surface area contributed by atoms with Crippen LogP contribution in [0.1, 0.15) is 90.8 Å². The number of thiazole rings is 1. The maximum atomic E-state index is 14.3. The van der Waals surface area contributed by atoms with Crippen molar-refractivity contribution in [2.45, 2.75) is 123 Å². The van der Waals surface area contributed by atoms with Crippen LogP contribution in [-0.4, -0.2) is 110 Å². The Balaban J connectivity index is 1.78. The number of nitrogens with one attached hydrogen (secondary N) is 3. The Labute approximate surface area is 327 Å². The number of rotatable bonds is 21. The van der Waals surface area contributed by atoms with E-state index in [1.54, 1.807) is 39.4 Å². The minimum atomic E-state index is -0.752. The summed E-state index contributed by atoms with van der Waals surface area (Å²) in [7, 11) is 6.65. The van der Waals surface area contributed by atoms with Crippen molar-refractivity contribution in [3.05, 3.63) is 52.5 Å². The number of hydrogen-bond acceptors (Lipinski definition) is 9. The van der Waals surface area contributed by atoms with Crippen molar-refractivity contribution < 1.29 is 28.7 Å². The van der Waals surface area contributed by atoms with Crippen LogP contribution in [0.2, 0.25) is 0 Å². The molecule has 1 fully saturated rings. The Morgan fingerprint density at radius 1 is 0.963 bits per heavy atom. The van der Waals surface area contributed by atoms with E-state index >= 15 is 0 Å². The number of nitrogens with zero attached hydrogens (tertiary/aromatic N) is 3. The number of amides is 4. The molecule has 0 saturated carbocycles. The first-order valence-corrected chi connectivity index (χ1v) is 20.4. The summed E-state index contributed by atoms with van der Waals surface area (Å²) in [4.78, 5) is 63.6. The first-order chi connectivity index (χ1) is 25.7. The number of methoxy groups -OCH3 is 2. The highest BCUT2D eigenvalue weighted by molar-refractivity contribution is 7.09. The zero-order chi connectivity index (χ0) is 40.1. The molecule has 3 N–H and O–H groups in total. The van der Waals surface area contributed by atoms with E-state index in [2.05, 4.69) is 34.8 Å². The molecule has 0 spiro atoms. The summed E-state index contributed by atoms with van der Waals surface area (Å²) in [6, 6.07) is 7.77. The van der Waals surface area contributed by atoms with Gasteiger partial charge in [-0.2, -0.15) is 0 Å². The largest absolute Gasteiger partial charge is 0.379 e. The molecule has 2 aromatic rings. The van der Waals surface area contributed by atoms with Gasteiger partial charge in [0.1, 0.15) is 11.0 Å². The van der Waals surface area contributed by atoms with Crippen LogP contribution in [0.25, 0.3) is 0 Å². The van der Waals surface area contributed by atoms with Gasteiger partial charge < -0.3 is 35.2 Å². The maximum Gasteiger partial charge on any atom is 0.245 e. The van der Waals surface area contributed by atoms with E-state index in [0.717, 1.165) is 23.4 Å². The number of likely N-dealkylation sites (N-methyl/N-ethyl adjacent to an activating group) is 2. The Morgan fingerprint density at radius 3 is 2.17 bits per heavy atom. The van der Waals surface area contributed by atoms with Crippen LogP contribution in [0.4, 0.5) is 0 Å². The van der Waals surface area contributed by atoms with E-state index in [-0.39, 0.29) is 59.9 Å². The summed E-state index contributed by atoms with van der Waals surface area (Å²) in [6.07, 6.45) is 3.48. The third-order valence-electron chi connectivity index (χ3n) is 11.1. The van der Waals surface area contributed by atoms with Crippen molar-refractivity contribution in [1.82, 2.24) is 30.7 Å². The van der Waals surface area contributed by atoms with Gasteiger partial charge in [0, 0.05) is 39.4 Å². The second-order valence-corrected chi connectivity index (χ2v) is 16.4. The number of aromatic nitrogens is 1. The number of ether oxygens (including phenoxy) is 2. The molecule has 0 aliphatic carbocycles. The van der Waals surface area contributed by atoms with E-state index in [9.17, 15) is 19.2 Å². The van der Waals surface area contributed by atoms with Gasteiger partial charge in [0.15, 0.2) is 0 Å². The fourth-order valence-corrected chi connectivity index (χ4v) is 8.50. The summed E-state index contributed by atoms with van der Waals surface area (Å²) in [6.45, 7) is 14.3. The maximum absolute atomic E-state index is 14.3. The van der Waals surface area contributed by atoms with Gasteiger partial charge in [-0.1, -0.05) is 85.2 Å². The molecule has 13 heteroatoms. The van der Waals surface area contributed by atoms with E-state index in [1.165, 1.54) is 11.3 Å². The van der Waals surface area contributed by atoms with Gasteiger partial charge in [-0.15, -0.1) is 11.3 Å². The fourth-order valence-electron chi connectivity index (χ4n) is 7.81. The van der Waals surface area contributed by atoms with Crippen molar-refractivity contribution in [3.8, 4) is 0 Å². The van der Waals surface area contributed by atoms with Crippen LogP contribution in [0, 0.1) is 23.7 Å². The molecule has 1 saturated heterocycles. The van der Waals surface area contributed by atoms with Crippen molar-refractivity contribution in [2.24, 2.45) is 23.7 Å². The monoisotopic (exact) mass is 770 g/mol. The summed E-state index contributed by atoms with van der Waals surface area (Å²) in [5.74, 6) is -1.41. The van der Waals surface area contributed by atoms with Crippen molar-refractivity contribution in [1.29, 1.82) is 0 Å². The van der Waals surface area contributed by atoms with Gasteiger partial charge in [-0.3, -0.25) is 19.2 Å². The van der Waals surface area contributed by atoms with E-state index in [1.807, 2.05) is 75.2 Å². The van der Waals surface area contributed by atoms with E-state index in [0.29, 0.717) is 19.4 Å². The Morgan fingerprint density at radius 2 is 1.63 bits per heavy atom. The summed E-state index contributed by atoms with van der Waals surface area (Å²) < 4.78 is 12.1. The van der Waals surface area contributed by atoms with Crippen molar-refractivity contribution >= 4 is 35.0 Å². The van der Waals surface area contributed by atoms with Gasteiger partial charge in [0.05, 0.1) is 48.7 Å². The van der Waals surface area contributed by atoms with Crippen molar-refractivity contribution in [3.63, 3.8) is 0 Å². The van der Waals surface area contributed by atoms with Crippen LogP contribution >= 0.6 is 11.3 Å². The smallest absolute Gasteiger partial charge is 0.245 e. The lowest BCUT2D eigenvalue weighted by Gasteiger charge is -2.41. The van der Waals surface area contributed by atoms with Gasteiger partial charge in [-0.05, 0) is 49.6 Å². The third kappa shape index (κ3) is 11.6. The lowest BCUT2D eigenvalue weighted by molar-refractivity contribution is -0.147. The van der Waals surface area contributed by atoms with E-state index < -0.39 is 36.3 Å². The molecule has 0 unspecified atom stereocenters. The zero-order valence-electron chi connectivity index (χ0n) is 34.3. The third-order valence-corrected chi connectivity index (χ3v) is 12.0. The summed E-state index contributed by atoms with van der Waals surface area (Å²) in [5.41, 5.74) is 1.09. The minimum Gasteiger partial charge on any atom is -0.379 e. The van der Waals surface area contributed by atoms with Crippen LogP contribution in [0.5, 0.6) is 0 Å². The van der Waals surface area contributed by atoms with Gasteiger partial charge in [-0.25, -0.2) is 4.98 Å². The molecule has 4 amide bonds. The Kier molecular flexibility index (Phi) is 18.0. The molecular weight excluding hydrogens is 705 g/mol. The van der Waals surface area contributed by atoms with Crippen LogP contribution in [0.3, 0.4) is 0 Å². The van der Waals surface area contributed by atoms with Gasteiger partial charge >= 0.3 is 0 Å². The fraction of sp³-hybridized carbons (Fsp3) is 0.683. The molecule has 302 valence electrons. The molecule has 1 aromatic carbocycles. The molecule has 1 aliphatic rings. The molecular formula is C41H66N6O6S. The molecule has 9 atom stereocenters. The van der Waals surface area contributed by atoms with Gasteiger partial charge in [0.25, 0.3) is 0 Å². The first-order valence-electron chi connectivity index (χ1n) is 19.5. The molecule has 1 aromatic heterocycles. The number of carbonyl (C=O) groups excluding carboxylic acids is 4. The molecule has 3 rings (SSSR count). The number of likely N-dealkylation sites (tertiary alicyclic amines) is 1. The van der Waals surface area contributed by atoms with Crippen LogP contribution in [-0.2, 0) is 35.1 Å². The summed E-state index contributed by atoms with van der Waals surface area (Å²) >= 11 is 1.51. The van der Waals surface area contributed by atoms with Crippen LogP contribution < -0.4 is 16.0 Å². The van der Waals surface area contributed by atoms with Crippen LogP contribution in [0.15, 0.2) is 41.9 Å². The van der Waals surface area contributed by atoms with E-state index in [4.69, 9.17) is 9.47 Å². The number of benzene rings is 1. The average molecular weight is 771 g/mol. The first kappa shape index (κ1) is 45.0. The highest BCUT2D eigenvalue weighted by Crippen LogP contribution is 2.30. The molecule has 2 heterocycles. The standard InChI is InChI=1S/C41H66N6O6S/c1-12-27(6)36(46(9)41(51)35(26(4)5)45-39(50)34(42-8)25(2)3)32(52-10)24-33(48)47-21-16-19-31(47)37(53-11)28(7)38(49)44-30(40-43-20-22-54-40)23-29-17-14-13-15-18-29/h13-15,17-18,20,22,25-28,30-32,34-37,42H,12,16,19,21,23-24H2,1-11H3,(H,44,49)(H,45,50)/t27-,28+,30+,31-,32+,34-,35-,36-,37+/m0/s1. The quantitative estimate of drug-likeness (QED) is 0.164. The predicted molar refractivity (Wildman–Crippen MR) is 214 cm³/mol. The minimum absolute atomic E-state index is 0.00702. The molecule has 0 radical (unpaired) electrons. The highest BCUT2D eigenvalue weighted by atomic mass is 32.1. The predicted octanol–water partition coefficient (Wildman–Crippen LogP) is 4.85. The number of hydrogen-bond donors (Lipinski definition) is 3. The normalized spacial score (nSPS) is 19.1. The lowest BCUT2D eigenvalue weighted by Crippen LogP contribution is -2.59. The highest BCUT2D eigenvalue weighted by Gasteiger charge is 2.43. The molecule has 12 nitrogen and oxygen atoms in total. The van der Waals surface area contributed by atoms with Crippen molar-refractivity contribution in [2.75, 3.05) is 34.9 Å². The lowest BCUT2D eigenvalue weighted by atomic mass is 9.89. The Bertz CT molecular complexity index is 1460. The number of carbonyl (C=O) groups is 4. The molecule has 1 aliphatic heterocycles. The SMILES string of the molecule is CC[C@H](C)[C@@H]([C@@H](CC(=O)N1CCC[C@H]1[C@H](OC)[C@@H](C)C(=O)N[C@H](Cc1ccccc1)c1nccs1)OC)N(C)C(=O)[C@@H](NC(=O)[C@@H](NC)C(C)C)C(C)C. The second-order valence-electron chi connectivity index (χ2n) is 15.5. The Hall–Kier alpha value is -3.39. The molecule has 54 heavy (non-hydrogen) atoms. The van der Waals surface area contributed by atoms with Gasteiger partial charge in [0.2, 0.25) is 23.6 Å². The zero-order valence-corrected chi connectivity index (χ0v) is 35.2.